The molecule has 0 radical (unpaired) electrons. The molecule has 0 unspecified atom stereocenters. The van der Waals surface area contributed by atoms with E-state index in [0.717, 1.165) is 17.0 Å². The van der Waals surface area contributed by atoms with E-state index in [0.29, 0.717) is 0 Å². The van der Waals surface area contributed by atoms with Crippen LogP contribution in [0.2, 0.25) is 0 Å². The molecule has 1 aromatic carbocycles. The summed E-state index contributed by atoms with van der Waals surface area (Å²) in [5, 5.41) is 4.20. The van der Waals surface area contributed by atoms with Gasteiger partial charge in [-0.25, -0.2) is 0 Å². The van der Waals surface area contributed by atoms with Crippen molar-refractivity contribution in [3.05, 3.63) is 36.0 Å². The van der Waals surface area contributed by atoms with Gasteiger partial charge >= 0.3 is 0 Å². The molecule has 18 heavy (non-hydrogen) atoms. The Kier molecular flexibility index (Phi) is 3.16. The van der Waals surface area contributed by atoms with Crippen molar-refractivity contribution in [3.8, 4) is 17.0 Å². The first-order valence-electron chi connectivity index (χ1n) is 6.10. The Balaban J connectivity index is 2.52. The maximum atomic E-state index is 5.52. The Morgan fingerprint density at radius 2 is 1.89 bits per heavy atom. The van der Waals surface area contributed by atoms with Gasteiger partial charge in [0.1, 0.15) is 5.75 Å². The molecule has 0 atom stereocenters. The Bertz CT molecular complexity index is 550. The first-order valence-corrected chi connectivity index (χ1v) is 6.10. The molecule has 1 heterocycles. The van der Waals surface area contributed by atoms with E-state index in [2.05, 4.69) is 44.1 Å². The molecule has 0 saturated heterocycles. The molecule has 1 aromatic heterocycles. The van der Waals surface area contributed by atoms with Crippen molar-refractivity contribution in [2.45, 2.75) is 26.2 Å². The molecule has 0 aliphatic heterocycles. The largest absolute Gasteiger partial charge is 0.496 e. The minimum absolute atomic E-state index is 0.0797. The van der Waals surface area contributed by atoms with Crippen LogP contribution in [0.5, 0.6) is 5.75 Å². The molecule has 0 saturated carbocycles. The van der Waals surface area contributed by atoms with Crippen LogP contribution in [0.25, 0.3) is 11.3 Å². The van der Waals surface area contributed by atoms with Crippen molar-refractivity contribution in [3.63, 3.8) is 0 Å². The van der Waals surface area contributed by atoms with Crippen molar-refractivity contribution >= 4 is 0 Å². The van der Waals surface area contributed by atoms with Gasteiger partial charge in [-0.15, -0.1) is 0 Å². The molecule has 0 aliphatic rings. The van der Waals surface area contributed by atoms with Crippen molar-refractivity contribution < 1.29 is 4.74 Å². The Morgan fingerprint density at radius 1 is 1.17 bits per heavy atom. The zero-order valence-electron chi connectivity index (χ0n) is 11.7. The first-order chi connectivity index (χ1) is 8.43. The third kappa shape index (κ3) is 2.26. The fraction of sp³-hybridized carbons (Fsp3) is 0.400. The van der Waals surface area contributed by atoms with Crippen LogP contribution in [-0.4, -0.2) is 16.9 Å². The smallest absolute Gasteiger partial charge is 0.123 e. The fourth-order valence-corrected chi connectivity index (χ4v) is 2.13. The fourth-order valence-electron chi connectivity index (χ4n) is 2.13. The molecule has 0 spiro atoms. The number of aromatic nitrogens is 2. The number of benzene rings is 1. The lowest BCUT2D eigenvalue weighted by Crippen LogP contribution is -2.12. The summed E-state index contributed by atoms with van der Waals surface area (Å²) in [5.41, 5.74) is 3.51. The quantitative estimate of drug-likeness (QED) is 0.809. The standard InChI is InChI=1S/C15H20N2O/c1-15(2,3)12-7-6-11(10-14(12)18-5)13-8-9-16-17(13)4/h6-10H,1-5H3. The van der Waals surface area contributed by atoms with Crippen LogP contribution in [0.4, 0.5) is 0 Å². The molecule has 2 aromatic rings. The van der Waals surface area contributed by atoms with Crippen molar-refractivity contribution in [2.24, 2.45) is 7.05 Å². The lowest BCUT2D eigenvalue weighted by atomic mass is 9.85. The molecule has 3 nitrogen and oxygen atoms in total. The van der Waals surface area contributed by atoms with Gasteiger partial charge in [0, 0.05) is 18.8 Å². The predicted molar refractivity (Wildman–Crippen MR) is 73.9 cm³/mol. The van der Waals surface area contributed by atoms with Gasteiger partial charge in [0.25, 0.3) is 0 Å². The zero-order chi connectivity index (χ0) is 13.3. The summed E-state index contributed by atoms with van der Waals surface area (Å²) < 4.78 is 7.39. The molecule has 0 bridgehead atoms. The molecule has 2 rings (SSSR count). The van der Waals surface area contributed by atoms with Gasteiger partial charge in [0.2, 0.25) is 0 Å². The van der Waals surface area contributed by atoms with Gasteiger partial charge in [0.15, 0.2) is 0 Å². The summed E-state index contributed by atoms with van der Waals surface area (Å²) in [4.78, 5) is 0. The molecule has 0 amide bonds. The van der Waals surface area contributed by atoms with E-state index in [4.69, 9.17) is 4.74 Å². The van der Waals surface area contributed by atoms with Gasteiger partial charge in [0.05, 0.1) is 12.8 Å². The van der Waals surface area contributed by atoms with E-state index < -0.39 is 0 Å². The normalized spacial score (nSPS) is 11.6. The molecular formula is C15H20N2O. The molecule has 0 aliphatic carbocycles. The summed E-state index contributed by atoms with van der Waals surface area (Å²) in [6.07, 6.45) is 1.81. The van der Waals surface area contributed by atoms with Gasteiger partial charge in [-0.05, 0) is 23.1 Å². The van der Waals surface area contributed by atoms with Crippen molar-refractivity contribution in [2.75, 3.05) is 7.11 Å². The van der Waals surface area contributed by atoms with Gasteiger partial charge in [-0.1, -0.05) is 32.9 Å². The molecule has 0 N–H and O–H groups in total. The second kappa shape index (κ2) is 4.48. The predicted octanol–water partition coefficient (Wildman–Crippen LogP) is 3.39. The van der Waals surface area contributed by atoms with E-state index in [1.807, 2.05) is 17.8 Å². The van der Waals surface area contributed by atoms with Gasteiger partial charge in [-0.3, -0.25) is 4.68 Å². The van der Waals surface area contributed by atoms with Crippen LogP contribution < -0.4 is 4.74 Å². The number of aryl methyl sites for hydroxylation is 1. The average Bonchev–Trinajstić information content (AvgIpc) is 2.73. The molecular weight excluding hydrogens is 224 g/mol. The van der Waals surface area contributed by atoms with E-state index >= 15 is 0 Å². The number of ether oxygens (including phenoxy) is 1. The Labute approximate surface area is 108 Å². The SMILES string of the molecule is COc1cc(-c2ccnn2C)ccc1C(C)(C)C. The topological polar surface area (TPSA) is 27.1 Å². The van der Waals surface area contributed by atoms with E-state index in [1.54, 1.807) is 13.3 Å². The minimum Gasteiger partial charge on any atom is -0.496 e. The maximum Gasteiger partial charge on any atom is 0.123 e. The third-order valence-electron chi connectivity index (χ3n) is 3.13. The van der Waals surface area contributed by atoms with Crippen LogP contribution in [-0.2, 0) is 12.5 Å². The Hall–Kier alpha value is -1.77. The highest BCUT2D eigenvalue weighted by molar-refractivity contribution is 5.63. The number of rotatable bonds is 2. The number of hydrogen-bond donors (Lipinski definition) is 0. The maximum absolute atomic E-state index is 5.52. The lowest BCUT2D eigenvalue weighted by molar-refractivity contribution is 0.398. The molecule has 0 fully saturated rings. The van der Waals surface area contributed by atoms with Gasteiger partial charge in [-0.2, -0.15) is 5.10 Å². The Morgan fingerprint density at radius 3 is 2.39 bits per heavy atom. The highest BCUT2D eigenvalue weighted by Gasteiger charge is 2.19. The second-order valence-electron chi connectivity index (χ2n) is 5.51. The molecule has 96 valence electrons. The van der Waals surface area contributed by atoms with E-state index in [9.17, 15) is 0 Å². The second-order valence-corrected chi connectivity index (χ2v) is 5.51. The number of methoxy groups -OCH3 is 1. The summed E-state index contributed by atoms with van der Waals surface area (Å²) in [5.74, 6) is 0.932. The number of nitrogens with zero attached hydrogens (tertiary/aromatic N) is 2. The minimum atomic E-state index is 0.0797. The first kappa shape index (κ1) is 12.7. The average molecular weight is 244 g/mol. The van der Waals surface area contributed by atoms with E-state index in [-0.39, 0.29) is 5.41 Å². The van der Waals surface area contributed by atoms with Crippen molar-refractivity contribution in [1.29, 1.82) is 0 Å². The number of hydrogen-bond acceptors (Lipinski definition) is 2. The van der Waals surface area contributed by atoms with Crippen LogP contribution in [0.3, 0.4) is 0 Å². The zero-order valence-corrected chi connectivity index (χ0v) is 11.7. The monoisotopic (exact) mass is 244 g/mol. The highest BCUT2D eigenvalue weighted by atomic mass is 16.5. The van der Waals surface area contributed by atoms with Crippen LogP contribution >= 0.6 is 0 Å². The van der Waals surface area contributed by atoms with Gasteiger partial charge < -0.3 is 4.74 Å². The van der Waals surface area contributed by atoms with Crippen molar-refractivity contribution in [1.82, 2.24) is 9.78 Å². The third-order valence-corrected chi connectivity index (χ3v) is 3.13. The summed E-state index contributed by atoms with van der Waals surface area (Å²) >= 11 is 0. The summed E-state index contributed by atoms with van der Waals surface area (Å²) in [6, 6.07) is 8.35. The van der Waals surface area contributed by atoms with Crippen LogP contribution in [0.15, 0.2) is 30.5 Å². The van der Waals surface area contributed by atoms with Crippen LogP contribution in [0, 0.1) is 0 Å². The van der Waals surface area contributed by atoms with Crippen LogP contribution in [0.1, 0.15) is 26.3 Å². The summed E-state index contributed by atoms with van der Waals surface area (Å²) in [7, 11) is 3.66. The van der Waals surface area contributed by atoms with E-state index in [1.165, 1.54) is 5.56 Å². The highest BCUT2D eigenvalue weighted by Crippen LogP contribution is 2.34. The molecule has 3 heteroatoms. The lowest BCUT2D eigenvalue weighted by Gasteiger charge is -2.22. The summed E-state index contributed by atoms with van der Waals surface area (Å²) in [6.45, 7) is 6.57.